The van der Waals surface area contributed by atoms with Crippen molar-refractivity contribution in [1.29, 1.82) is 0 Å². The standard InChI is InChI=1S/C24H34O3/c1-3-5-7-8-12-20-13-9-10-14-22(20)21-15-17-24(18-16-21,23(25)26)27-19-11-6-4-2/h9-10,13-17H,3-8,11-12,18-19H2,1-2H3,(H,25,26). The number of aliphatic carboxylic acids is 1. The van der Waals surface area contributed by atoms with E-state index in [9.17, 15) is 9.90 Å². The molecule has 0 saturated carbocycles. The van der Waals surface area contributed by atoms with Crippen LogP contribution >= 0.6 is 0 Å². The number of ether oxygens (including phenoxy) is 1. The molecule has 0 saturated heterocycles. The molecule has 1 atom stereocenters. The van der Waals surface area contributed by atoms with Gasteiger partial charge in [-0.05, 0) is 42.0 Å². The molecule has 0 spiro atoms. The lowest BCUT2D eigenvalue weighted by molar-refractivity contribution is -0.159. The number of carboxylic acid groups (broad SMARTS) is 1. The summed E-state index contributed by atoms with van der Waals surface area (Å²) in [5.74, 6) is -0.904. The molecule has 0 radical (unpaired) electrons. The predicted octanol–water partition coefficient (Wildman–Crippen LogP) is 6.18. The molecule has 0 aromatic heterocycles. The highest BCUT2D eigenvalue weighted by molar-refractivity contribution is 5.86. The SMILES string of the molecule is CCCCCCc1ccccc1C1=CCC(OCCCCC)(C(=O)O)C=C1. The molecule has 1 unspecified atom stereocenters. The second-order valence-electron chi connectivity index (χ2n) is 7.41. The first-order valence-corrected chi connectivity index (χ1v) is 10.5. The fourth-order valence-corrected chi connectivity index (χ4v) is 3.52. The molecule has 0 heterocycles. The second-order valence-corrected chi connectivity index (χ2v) is 7.41. The molecular weight excluding hydrogens is 336 g/mol. The van der Waals surface area contributed by atoms with Crippen LogP contribution in [-0.4, -0.2) is 23.3 Å². The maximum Gasteiger partial charge on any atom is 0.340 e. The monoisotopic (exact) mass is 370 g/mol. The third-order valence-electron chi connectivity index (χ3n) is 5.25. The van der Waals surface area contributed by atoms with Crippen molar-refractivity contribution in [2.75, 3.05) is 6.61 Å². The van der Waals surface area contributed by atoms with Crippen LogP contribution in [-0.2, 0) is 16.0 Å². The van der Waals surface area contributed by atoms with Gasteiger partial charge >= 0.3 is 5.97 Å². The largest absolute Gasteiger partial charge is 0.479 e. The van der Waals surface area contributed by atoms with Crippen molar-refractivity contribution in [1.82, 2.24) is 0 Å². The Morgan fingerprint density at radius 3 is 2.48 bits per heavy atom. The Morgan fingerprint density at radius 1 is 1.07 bits per heavy atom. The summed E-state index contributed by atoms with van der Waals surface area (Å²) in [4.78, 5) is 11.8. The minimum absolute atomic E-state index is 0.379. The summed E-state index contributed by atoms with van der Waals surface area (Å²) in [5.41, 5.74) is 2.45. The Morgan fingerprint density at radius 2 is 1.81 bits per heavy atom. The van der Waals surface area contributed by atoms with Gasteiger partial charge in [0.2, 0.25) is 0 Å². The molecule has 0 aliphatic heterocycles. The molecule has 1 aliphatic rings. The summed E-state index contributed by atoms with van der Waals surface area (Å²) in [6.45, 7) is 4.84. The van der Waals surface area contributed by atoms with Gasteiger partial charge in [-0.15, -0.1) is 0 Å². The van der Waals surface area contributed by atoms with Crippen molar-refractivity contribution in [3.05, 3.63) is 53.6 Å². The van der Waals surface area contributed by atoms with Crippen LogP contribution in [0.2, 0.25) is 0 Å². The van der Waals surface area contributed by atoms with E-state index in [1.165, 1.54) is 36.8 Å². The molecule has 1 aliphatic carbocycles. The molecule has 2 rings (SSSR count). The van der Waals surface area contributed by atoms with Gasteiger partial charge in [-0.3, -0.25) is 0 Å². The van der Waals surface area contributed by atoms with E-state index in [0.717, 1.165) is 31.3 Å². The summed E-state index contributed by atoms with van der Waals surface area (Å²) in [6, 6.07) is 8.47. The molecule has 0 amide bonds. The van der Waals surface area contributed by atoms with Crippen LogP contribution in [0.15, 0.2) is 42.5 Å². The van der Waals surface area contributed by atoms with Crippen LogP contribution in [0.5, 0.6) is 0 Å². The van der Waals surface area contributed by atoms with E-state index in [0.29, 0.717) is 13.0 Å². The smallest absolute Gasteiger partial charge is 0.340 e. The molecule has 0 bridgehead atoms. The Bertz CT molecular complexity index is 659. The summed E-state index contributed by atoms with van der Waals surface area (Å²) in [7, 11) is 0. The number of carboxylic acids is 1. The Labute approximate surface area is 164 Å². The normalized spacial score (nSPS) is 19.1. The number of hydrogen-bond donors (Lipinski definition) is 1. The number of allylic oxidation sites excluding steroid dienone is 2. The van der Waals surface area contributed by atoms with E-state index in [1.54, 1.807) is 6.08 Å². The number of unbranched alkanes of at least 4 members (excludes halogenated alkanes) is 5. The highest BCUT2D eigenvalue weighted by Crippen LogP contribution is 2.32. The zero-order valence-electron chi connectivity index (χ0n) is 16.9. The first-order chi connectivity index (χ1) is 13.1. The maximum atomic E-state index is 11.8. The number of aryl methyl sites for hydroxylation is 1. The van der Waals surface area contributed by atoms with Gasteiger partial charge in [-0.2, -0.15) is 0 Å². The van der Waals surface area contributed by atoms with Gasteiger partial charge in [0.1, 0.15) is 0 Å². The van der Waals surface area contributed by atoms with Crippen molar-refractivity contribution in [3.8, 4) is 0 Å². The summed E-state index contributed by atoms with van der Waals surface area (Å²) < 4.78 is 5.81. The highest BCUT2D eigenvalue weighted by Gasteiger charge is 2.37. The van der Waals surface area contributed by atoms with E-state index in [1.807, 2.05) is 12.2 Å². The molecular formula is C24H34O3. The second kappa shape index (κ2) is 11.1. The Kier molecular flexibility index (Phi) is 8.80. The summed E-state index contributed by atoms with van der Waals surface area (Å²) in [6.07, 6.45) is 15.2. The van der Waals surface area contributed by atoms with Crippen LogP contribution < -0.4 is 0 Å². The molecule has 0 fully saturated rings. The van der Waals surface area contributed by atoms with Crippen LogP contribution in [0.4, 0.5) is 0 Å². The highest BCUT2D eigenvalue weighted by atomic mass is 16.5. The van der Waals surface area contributed by atoms with E-state index < -0.39 is 11.6 Å². The van der Waals surface area contributed by atoms with Crippen LogP contribution in [0.3, 0.4) is 0 Å². The Balaban J connectivity index is 2.07. The van der Waals surface area contributed by atoms with Gasteiger partial charge in [0.05, 0.1) is 0 Å². The molecule has 1 aromatic rings. The maximum absolute atomic E-state index is 11.8. The van der Waals surface area contributed by atoms with Crippen LogP contribution in [0.1, 0.15) is 76.3 Å². The molecule has 3 heteroatoms. The van der Waals surface area contributed by atoms with Gasteiger partial charge < -0.3 is 9.84 Å². The summed E-state index contributed by atoms with van der Waals surface area (Å²) in [5, 5.41) is 9.72. The lowest BCUT2D eigenvalue weighted by atomic mass is 9.87. The van der Waals surface area contributed by atoms with E-state index in [4.69, 9.17) is 4.74 Å². The molecule has 3 nitrogen and oxygen atoms in total. The summed E-state index contributed by atoms with van der Waals surface area (Å²) >= 11 is 0. The molecule has 148 valence electrons. The first kappa shape index (κ1) is 21.4. The topological polar surface area (TPSA) is 46.5 Å². The zero-order chi connectivity index (χ0) is 19.5. The number of carbonyl (C=O) groups is 1. The van der Waals surface area contributed by atoms with E-state index >= 15 is 0 Å². The van der Waals surface area contributed by atoms with Crippen molar-refractivity contribution in [3.63, 3.8) is 0 Å². The fraction of sp³-hybridized carbons (Fsp3) is 0.542. The lowest BCUT2D eigenvalue weighted by Gasteiger charge is -2.28. The third kappa shape index (κ3) is 6.07. The molecule has 1 N–H and O–H groups in total. The number of rotatable bonds is 12. The average molecular weight is 371 g/mol. The molecule has 27 heavy (non-hydrogen) atoms. The fourth-order valence-electron chi connectivity index (χ4n) is 3.52. The van der Waals surface area contributed by atoms with Gasteiger partial charge in [0.25, 0.3) is 0 Å². The quantitative estimate of drug-likeness (QED) is 0.447. The Hall–Kier alpha value is -1.87. The van der Waals surface area contributed by atoms with E-state index in [2.05, 4.69) is 38.1 Å². The zero-order valence-corrected chi connectivity index (χ0v) is 16.9. The predicted molar refractivity (Wildman–Crippen MR) is 112 cm³/mol. The van der Waals surface area contributed by atoms with Gasteiger partial charge in [0.15, 0.2) is 5.60 Å². The number of benzene rings is 1. The van der Waals surface area contributed by atoms with E-state index in [-0.39, 0.29) is 0 Å². The van der Waals surface area contributed by atoms with Crippen molar-refractivity contribution in [2.45, 2.75) is 77.2 Å². The van der Waals surface area contributed by atoms with Gasteiger partial charge in [-0.25, -0.2) is 4.79 Å². The minimum atomic E-state index is -1.21. The van der Waals surface area contributed by atoms with Gasteiger partial charge in [0, 0.05) is 13.0 Å². The average Bonchev–Trinajstić information content (AvgIpc) is 2.69. The van der Waals surface area contributed by atoms with Crippen molar-refractivity contribution in [2.24, 2.45) is 0 Å². The van der Waals surface area contributed by atoms with Gasteiger partial charge in [-0.1, -0.05) is 82.4 Å². The number of hydrogen-bond acceptors (Lipinski definition) is 2. The van der Waals surface area contributed by atoms with Crippen LogP contribution in [0, 0.1) is 0 Å². The third-order valence-corrected chi connectivity index (χ3v) is 5.25. The first-order valence-electron chi connectivity index (χ1n) is 10.5. The minimum Gasteiger partial charge on any atom is -0.479 e. The lowest BCUT2D eigenvalue weighted by Crippen LogP contribution is -2.40. The van der Waals surface area contributed by atoms with Crippen molar-refractivity contribution >= 4 is 11.5 Å². The van der Waals surface area contributed by atoms with Crippen molar-refractivity contribution < 1.29 is 14.6 Å². The molecule has 1 aromatic carbocycles. The van der Waals surface area contributed by atoms with Crippen LogP contribution in [0.25, 0.3) is 5.57 Å².